The second kappa shape index (κ2) is 8.76. The third-order valence-corrected chi connectivity index (χ3v) is 5.22. The third-order valence-electron chi connectivity index (χ3n) is 4.98. The number of aromatic nitrogens is 5. The van der Waals surface area contributed by atoms with Gasteiger partial charge in [0.15, 0.2) is 0 Å². The predicted molar refractivity (Wildman–Crippen MR) is 127 cm³/mol. The second-order valence-corrected chi connectivity index (χ2v) is 7.93. The number of fused-ring (bicyclic) bond motifs is 1. The number of ether oxygens (including phenoxy) is 1. The van der Waals surface area contributed by atoms with Gasteiger partial charge in [-0.25, -0.2) is 9.97 Å². The summed E-state index contributed by atoms with van der Waals surface area (Å²) in [6, 6.07) is 16.2. The van der Waals surface area contributed by atoms with Gasteiger partial charge < -0.3 is 10.1 Å². The fourth-order valence-corrected chi connectivity index (χ4v) is 3.67. The molecule has 0 unspecified atom stereocenters. The number of pyridine rings is 1. The number of benzene rings is 2. The van der Waals surface area contributed by atoms with Gasteiger partial charge in [-0.2, -0.15) is 5.10 Å². The third kappa shape index (κ3) is 4.70. The molecule has 0 saturated carbocycles. The lowest BCUT2D eigenvalue weighted by Gasteiger charge is -2.10. The minimum atomic E-state index is -0.154. The van der Waals surface area contributed by atoms with E-state index in [1.807, 2.05) is 31.4 Å². The second-order valence-electron chi connectivity index (χ2n) is 7.49. The SMILES string of the molecule is Cn1cc(Nc2cc(Oc3ccc4ncn(Cc5cccc(Cl)c5)c(=O)c4c3)ccn2)cn1. The largest absolute Gasteiger partial charge is 0.457 e. The Morgan fingerprint density at radius 2 is 1.94 bits per heavy atom. The fourth-order valence-electron chi connectivity index (χ4n) is 3.46. The van der Waals surface area contributed by atoms with Crippen LogP contribution in [0.3, 0.4) is 0 Å². The highest BCUT2D eigenvalue weighted by molar-refractivity contribution is 6.30. The molecule has 0 aliphatic carbocycles. The molecule has 0 aliphatic rings. The van der Waals surface area contributed by atoms with Gasteiger partial charge in [0.2, 0.25) is 0 Å². The predicted octanol–water partition coefficient (Wildman–Crippen LogP) is 4.76. The van der Waals surface area contributed by atoms with Crippen molar-refractivity contribution < 1.29 is 4.74 Å². The Hall–Kier alpha value is -4.17. The topological polar surface area (TPSA) is 86.9 Å². The molecule has 0 radical (unpaired) electrons. The molecule has 0 bridgehead atoms. The average Bonchev–Trinajstić information content (AvgIpc) is 3.21. The summed E-state index contributed by atoms with van der Waals surface area (Å²) in [5.41, 5.74) is 2.19. The molecule has 3 aromatic heterocycles. The van der Waals surface area contributed by atoms with Gasteiger partial charge in [0.25, 0.3) is 5.56 Å². The normalized spacial score (nSPS) is 11.0. The molecule has 0 atom stereocenters. The lowest BCUT2D eigenvalue weighted by atomic mass is 10.2. The summed E-state index contributed by atoms with van der Waals surface area (Å²) in [7, 11) is 1.84. The van der Waals surface area contributed by atoms with Gasteiger partial charge in [0.1, 0.15) is 17.3 Å². The van der Waals surface area contributed by atoms with Crippen LogP contribution in [0, 0.1) is 0 Å². The zero-order valence-electron chi connectivity index (χ0n) is 17.6. The fraction of sp³-hybridized carbons (Fsp3) is 0.0833. The van der Waals surface area contributed by atoms with E-state index in [-0.39, 0.29) is 5.56 Å². The number of hydrogen-bond acceptors (Lipinski definition) is 6. The van der Waals surface area contributed by atoms with Gasteiger partial charge in [0, 0.05) is 30.5 Å². The number of nitrogens with one attached hydrogen (secondary N) is 1. The molecular formula is C24H19ClN6O2. The zero-order valence-corrected chi connectivity index (χ0v) is 18.4. The summed E-state index contributed by atoms with van der Waals surface area (Å²) >= 11 is 6.07. The smallest absolute Gasteiger partial charge is 0.261 e. The highest BCUT2D eigenvalue weighted by Crippen LogP contribution is 2.26. The first kappa shape index (κ1) is 20.7. The monoisotopic (exact) mass is 458 g/mol. The Morgan fingerprint density at radius 1 is 1.06 bits per heavy atom. The van der Waals surface area contributed by atoms with Gasteiger partial charge >= 0.3 is 0 Å². The van der Waals surface area contributed by atoms with Crippen LogP contribution in [0.25, 0.3) is 10.9 Å². The summed E-state index contributed by atoms with van der Waals surface area (Å²) < 4.78 is 9.26. The molecule has 33 heavy (non-hydrogen) atoms. The van der Waals surface area contributed by atoms with Crippen LogP contribution >= 0.6 is 11.6 Å². The molecule has 0 aliphatic heterocycles. The molecule has 1 N–H and O–H groups in total. The summed E-state index contributed by atoms with van der Waals surface area (Å²) in [6.07, 6.45) is 6.75. The van der Waals surface area contributed by atoms with E-state index in [4.69, 9.17) is 16.3 Å². The van der Waals surface area contributed by atoms with Crippen molar-refractivity contribution in [2.75, 3.05) is 5.32 Å². The maximum Gasteiger partial charge on any atom is 0.261 e. The number of rotatable bonds is 6. The Morgan fingerprint density at radius 3 is 2.76 bits per heavy atom. The quantitative estimate of drug-likeness (QED) is 0.394. The van der Waals surface area contributed by atoms with Crippen molar-refractivity contribution in [1.82, 2.24) is 24.3 Å². The van der Waals surface area contributed by atoms with Crippen LogP contribution in [-0.4, -0.2) is 24.3 Å². The summed E-state index contributed by atoms with van der Waals surface area (Å²) in [5, 5.41) is 8.40. The molecule has 8 nitrogen and oxygen atoms in total. The first-order chi connectivity index (χ1) is 16.0. The van der Waals surface area contributed by atoms with Crippen molar-refractivity contribution in [3.8, 4) is 11.5 Å². The van der Waals surface area contributed by atoms with Gasteiger partial charge in [-0.3, -0.25) is 14.0 Å². The number of nitrogens with zero attached hydrogens (tertiary/aromatic N) is 5. The van der Waals surface area contributed by atoms with E-state index in [0.717, 1.165) is 11.3 Å². The van der Waals surface area contributed by atoms with Crippen LogP contribution in [0.5, 0.6) is 11.5 Å². The molecule has 0 fully saturated rings. The summed E-state index contributed by atoms with van der Waals surface area (Å²) in [4.78, 5) is 21.8. The minimum Gasteiger partial charge on any atom is -0.457 e. The van der Waals surface area contributed by atoms with Crippen molar-refractivity contribution in [3.63, 3.8) is 0 Å². The van der Waals surface area contributed by atoms with E-state index >= 15 is 0 Å². The van der Waals surface area contributed by atoms with Gasteiger partial charge in [-0.1, -0.05) is 23.7 Å². The van der Waals surface area contributed by atoms with Crippen molar-refractivity contribution in [3.05, 3.63) is 100 Å². The first-order valence-electron chi connectivity index (χ1n) is 10.2. The van der Waals surface area contributed by atoms with Crippen LogP contribution in [0.4, 0.5) is 11.5 Å². The van der Waals surface area contributed by atoms with Crippen LogP contribution in [0.1, 0.15) is 5.56 Å². The van der Waals surface area contributed by atoms with Crippen LogP contribution in [0.15, 0.2) is 84.3 Å². The highest BCUT2D eigenvalue weighted by atomic mass is 35.5. The summed E-state index contributed by atoms with van der Waals surface area (Å²) in [6.45, 7) is 0.376. The van der Waals surface area contributed by atoms with Crippen molar-refractivity contribution >= 4 is 34.0 Å². The molecule has 164 valence electrons. The Kier molecular flexibility index (Phi) is 5.50. The van der Waals surface area contributed by atoms with Gasteiger partial charge in [-0.15, -0.1) is 0 Å². The molecule has 9 heteroatoms. The standard InChI is InChI=1S/C24H19ClN6O2/c1-30-14-18(12-28-30)29-23-11-20(7-8-26-23)33-19-5-6-22-21(10-19)24(32)31(15-27-22)13-16-3-2-4-17(25)9-16/h2-12,14-15H,13H2,1H3,(H,26,29). The molecule has 2 aromatic carbocycles. The van der Waals surface area contributed by atoms with Gasteiger partial charge in [0.05, 0.1) is 35.7 Å². The molecule has 0 saturated heterocycles. The molecule has 0 spiro atoms. The lowest BCUT2D eigenvalue weighted by molar-refractivity contribution is 0.483. The van der Waals surface area contributed by atoms with E-state index in [9.17, 15) is 4.79 Å². The van der Waals surface area contributed by atoms with Crippen LogP contribution in [-0.2, 0) is 13.6 Å². The van der Waals surface area contributed by atoms with Crippen molar-refractivity contribution in [1.29, 1.82) is 0 Å². The van der Waals surface area contributed by atoms with E-state index in [2.05, 4.69) is 20.4 Å². The molecule has 5 rings (SSSR count). The van der Waals surface area contributed by atoms with Gasteiger partial charge in [-0.05, 0) is 42.0 Å². The number of anilines is 2. The van der Waals surface area contributed by atoms with E-state index in [1.165, 1.54) is 0 Å². The molecular weight excluding hydrogens is 440 g/mol. The molecule has 5 aromatic rings. The minimum absolute atomic E-state index is 0.154. The number of halogens is 1. The van der Waals surface area contributed by atoms with Crippen LogP contribution < -0.4 is 15.6 Å². The number of hydrogen-bond donors (Lipinski definition) is 1. The molecule has 0 amide bonds. The number of aryl methyl sites for hydroxylation is 1. The maximum absolute atomic E-state index is 13.1. The van der Waals surface area contributed by atoms with E-state index in [0.29, 0.717) is 39.8 Å². The zero-order chi connectivity index (χ0) is 22.8. The molecule has 3 heterocycles. The van der Waals surface area contributed by atoms with Crippen LogP contribution in [0.2, 0.25) is 5.02 Å². The Bertz CT molecular complexity index is 1510. The summed E-state index contributed by atoms with van der Waals surface area (Å²) in [5.74, 6) is 1.73. The van der Waals surface area contributed by atoms with E-state index < -0.39 is 0 Å². The first-order valence-corrected chi connectivity index (χ1v) is 10.5. The lowest BCUT2D eigenvalue weighted by Crippen LogP contribution is -2.21. The Labute approximate surface area is 194 Å². The Balaban J connectivity index is 1.40. The van der Waals surface area contributed by atoms with E-state index in [1.54, 1.807) is 64.4 Å². The maximum atomic E-state index is 13.1. The highest BCUT2D eigenvalue weighted by Gasteiger charge is 2.08. The average molecular weight is 459 g/mol. The van der Waals surface area contributed by atoms with Crippen molar-refractivity contribution in [2.45, 2.75) is 6.54 Å². The van der Waals surface area contributed by atoms with Crippen molar-refractivity contribution in [2.24, 2.45) is 7.05 Å².